The van der Waals surface area contributed by atoms with Crippen LogP contribution in [0.15, 0.2) is 35.7 Å². The summed E-state index contributed by atoms with van der Waals surface area (Å²) in [6.07, 6.45) is 0.990. The van der Waals surface area contributed by atoms with Crippen LogP contribution in [0, 0.1) is 11.8 Å². The van der Waals surface area contributed by atoms with E-state index in [1.807, 2.05) is 4.90 Å². The Kier molecular flexibility index (Phi) is 7.96. The number of nitrogens with zero attached hydrogens (tertiary/aromatic N) is 2. The van der Waals surface area contributed by atoms with Gasteiger partial charge in [-0.3, -0.25) is 0 Å². The minimum Gasteiger partial charge on any atom is -0.369 e. The number of halogens is 3. The Hall–Kier alpha value is -1.98. The first kappa shape index (κ1) is 22.3. The molecule has 0 amide bonds. The van der Waals surface area contributed by atoms with Gasteiger partial charge in [0, 0.05) is 44.4 Å². The van der Waals surface area contributed by atoms with E-state index in [1.54, 1.807) is 0 Å². The van der Waals surface area contributed by atoms with Crippen LogP contribution in [0.2, 0.25) is 0 Å². The molecule has 0 saturated carbocycles. The third-order valence-electron chi connectivity index (χ3n) is 4.49. The van der Waals surface area contributed by atoms with Gasteiger partial charge in [0.1, 0.15) is 0 Å². The Labute approximate surface area is 165 Å². The van der Waals surface area contributed by atoms with Crippen molar-refractivity contribution in [1.82, 2.24) is 4.31 Å². The molecule has 154 valence electrons. The van der Waals surface area contributed by atoms with Crippen molar-refractivity contribution in [1.29, 1.82) is 0 Å². The van der Waals surface area contributed by atoms with E-state index in [2.05, 4.69) is 18.8 Å². The maximum absolute atomic E-state index is 12.6. The highest BCUT2D eigenvalue weighted by Crippen LogP contribution is 2.30. The topological polar surface area (TPSA) is 40.6 Å². The zero-order valence-electron chi connectivity index (χ0n) is 15.9. The summed E-state index contributed by atoms with van der Waals surface area (Å²) < 4.78 is 64.0. The number of anilines is 1. The van der Waals surface area contributed by atoms with E-state index in [1.165, 1.54) is 22.5 Å². The number of hydrogen-bond donors (Lipinski definition) is 0. The van der Waals surface area contributed by atoms with Crippen molar-refractivity contribution in [2.45, 2.75) is 38.8 Å². The average molecular weight is 414 g/mol. The van der Waals surface area contributed by atoms with Gasteiger partial charge in [-0.1, -0.05) is 31.6 Å². The normalized spacial score (nSPS) is 16.2. The number of piperazine rings is 1. The number of rotatable bonds is 6. The van der Waals surface area contributed by atoms with Gasteiger partial charge in [0.15, 0.2) is 0 Å². The first-order valence-corrected chi connectivity index (χ1v) is 10.8. The number of allylic oxidation sites excluding steroid dienone is 1. The maximum Gasteiger partial charge on any atom is 0.416 e. The second-order valence-electron chi connectivity index (χ2n) is 6.56. The van der Waals surface area contributed by atoms with E-state index >= 15 is 0 Å². The molecule has 1 aliphatic heterocycles. The molecule has 28 heavy (non-hydrogen) atoms. The van der Waals surface area contributed by atoms with Crippen molar-refractivity contribution in [3.63, 3.8) is 0 Å². The lowest BCUT2D eigenvalue weighted by Gasteiger charge is -2.34. The molecule has 2 rings (SSSR count). The molecule has 0 unspecified atom stereocenters. The van der Waals surface area contributed by atoms with Gasteiger partial charge in [-0.05, 0) is 30.7 Å². The Morgan fingerprint density at radius 1 is 1.07 bits per heavy atom. The van der Waals surface area contributed by atoms with Crippen molar-refractivity contribution in [2.24, 2.45) is 0 Å². The number of alkyl halides is 3. The first-order chi connectivity index (χ1) is 13.2. The summed E-state index contributed by atoms with van der Waals surface area (Å²) >= 11 is 0. The predicted molar refractivity (Wildman–Crippen MR) is 105 cm³/mol. The summed E-state index contributed by atoms with van der Waals surface area (Å²) in [5.41, 5.74) is -0.0445. The highest BCUT2D eigenvalue weighted by atomic mass is 32.2. The standard InChI is InChI=1S/C20H25F3N2O2S/c1-2-3-4-5-6-7-8-17-28(26,27)25-15-13-24(14-16-25)19-11-9-18(10-12-19)20(21,22)23/h8-12,17H,2-5,13-16H2,1H3/b17-8+. The molecular weight excluding hydrogens is 389 g/mol. The molecule has 1 aromatic rings. The van der Waals surface area contributed by atoms with Crippen LogP contribution in [-0.2, 0) is 16.2 Å². The first-order valence-electron chi connectivity index (χ1n) is 9.31. The predicted octanol–water partition coefficient (Wildman–Crippen LogP) is 4.25. The molecule has 0 bridgehead atoms. The monoisotopic (exact) mass is 414 g/mol. The minimum absolute atomic E-state index is 0.275. The van der Waals surface area contributed by atoms with E-state index in [4.69, 9.17) is 0 Å². The summed E-state index contributed by atoms with van der Waals surface area (Å²) in [4.78, 5) is 1.88. The summed E-state index contributed by atoms with van der Waals surface area (Å²) in [5.74, 6) is 5.68. The fourth-order valence-corrected chi connectivity index (χ4v) is 3.95. The van der Waals surface area contributed by atoms with Crippen LogP contribution < -0.4 is 4.90 Å². The molecule has 1 saturated heterocycles. The molecule has 0 aromatic heterocycles. The summed E-state index contributed by atoms with van der Waals surface area (Å²) in [7, 11) is -3.54. The summed E-state index contributed by atoms with van der Waals surface area (Å²) in [6, 6.07) is 4.92. The van der Waals surface area contributed by atoms with Crippen molar-refractivity contribution in [2.75, 3.05) is 31.1 Å². The summed E-state index contributed by atoms with van der Waals surface area (Å²) in [6.45, 7) is 3.49. The van der Waals surface area contributed by atoms with Crippen LogP contribution >= 0.6 is 0 Å². The lowest BCUT2D eigenvalue weighted by atomic mass is 10.2. The molecule has 1 aromatic carbocycles. The molecule has 8 heteroatoms. The van der Waals surface area contributed by atoms with Crippen LogP contribution in [0.1, 0.15) is 38.2 Å². The zero-order chi connectivity index (χ0) is 20.6. The van der Waals surface area contributed by atoms with Gasteiger partial charge in [0.05, 0.1) is 11.0 Å². The Bertz CT molecular complexity index is 814. The smallest absolute Gasteiger partial charge is 0.369 e. The molecule has 0 aliphatic carbocycles. The van der Waals surface area contributed by atoms with Crippen molar-refractivity contribution in [3.8, 4) is 11.8 Å². The van der Waals surface area contributed by atoms with Crippen molar-refractivity contribution >= 4 is 15.7 Å². The second kappa shape index (κ2) is 9.99. The third kappa shape index (κ3) is 6.57. The lowest BCUT2D eigenvalue weighted by Crippen LogP contribution is -2.48. The van der Waals surface area contributed by atoms with Gasteiger partial charge in [-0.2, -0.15) is 17.5 Å². The minimum atomic E-state index is -4.36. The molecule has 1 fully saturated rings. The largest absolute Gasteiger partial charge is 0.416 e. The highest BCUT2D eigenvalue weighted by molar-refractivity contribution is 7.92. The van der Waals surface area contributed by atoms with E-state index in [-0.39, 0.29) is 13.1 Å². The van der Waals surface area contributed by atoms with Crippen LogP contribution in [0.5, 0.6) is 0 Å². The molecule has 4 nitrogen and oxygen atoms in total. The highest BCUT2D eigenvalue weighted by Gasteiger charge is 2.30. The lowest BCUT2D eigenvalue weighted by molar-refractivity contribution is -0.137. The maximum atomic E-state index is 12.6. The third-order valence-corrected chi connectivity index (χ3v) is 6.05. The van der Waals surface area contributed by atoms with Crippen molar-refractivity contribution < 1.29 is 21.6 Å². The van der Waals surface area contributed by atoms with E-state index in [0.717, 1.165) is 43.2 Å². The summed E-state index contributed by atoms with van der Waals surface area (Å²) in [5, 5.41) is 1.12. The number of benzene rings is 1. The van der Waals surface area contributed by atoms with Gasteiger partial charge in [-0.15, -0.1) is 0 Å². The number of sulfonamides is 1. The van der Waals surface area contributed by atoms with E-state index in [9.17, 15) is 21.6 Å². The molecule has 1 heterocycles. The molecule has 0 N–H and O–H groups in total. The fourth-order valence-electron chi connectivity index (χ4n) is 2.86. The fraction of sp³-hybridized carbons (Fsp3) is 0.500. The quantitative estimate of drug-likeness (QED) is 0.516. The van der Waals surface area contributed by atoms with Gasteiger partial charge in [0.25, 0.3) is 0 Å². The van der Waals surface area contributed by atoms with Crippen LogP contribution in [0.4, 0.5) is 18.9 Å². The van der Waals surface area contributed by atoms with Crippen LogP contribution in [0.25, 0.3) is 0 Å². The number of hydrogen-bond acceptors (Lipinski definition) is 3. The van der Waals surface area contributed by atoms with Gasteiger partial charge in [0.2, 0.25) is 10.0 Å². The number of unbranched alkanes of at least 4 members (excludes halogenated alkanes) is 3. The van der Waals surface area contributed by atoms with E-state index in [0.29, 0.717) is 18.8 Å². The van der Waals surface area contributed by atoms with Gasteiger partial charge < -0.3 is 4.90 Å². The average Bonchev–Trinajstić information content (AvgIpc) is 2.67. The zero-order valence-corrected chi connectivity index (χ0v) is 16.7. The van der Waals surface area contributed by atoms with Gasteiger partial charge in [-0.25, -0.2) is 8.42 Å². The Morgan fingerprint density at radius 3 is 2.29 bits per heavy atom. The van der Waals surface area contributed by atoms with Crippen molar-refractivity contribution in [3.05, 3.63) is 41.3 Å². The molecule has 0 radical (unpaired) electrons. The molecule has 0 atom stereocenters. The van der Waals surface area contributed by atoms with Crippen LogP contribution in [0.3, 0.4) is 0 Å². The molecule has 0 spiro atoms. The van der Waals surface area contributed by atoms with Gasteiger partial charge >= 0.3 is 6.18 Å². The Morgan fingerprint density at radius 2 is 1.71 bits per heavy atom. The SMILES string of the molecule is CCCCCC#C/C=C/S(=O)(=O)N1CCN(c2ccc(C(F)(F)F)cc2)CC1. The second-order valence-corrected chi connectivity index (χ2v) is 8.38. The van der Waals surface area contributed by atoms with E-state index < -0.39 is 21.8 Å². The van der Waals surface area contributed by atoms with Crippen LogP contribution in [-0.4, -0.2) is 38.9 Å². The molecule has 1 aliphatic rings. The Balaban J connectivity index is 1.88. The molecular formula is C20H25F3N2O2S.